The maximum absolute atomic E-state index is 10.8. The van der Waals surface area contributed by atoms with Gasteiger partial charge in [0.2, 0.25) is 5.91 Å². The first-order valence-electron chi connectivity index (χ1n) is 6.22. The molecule has 7 heteroatoms. The van der Waals surface area contributed by atoms with E-state index in [0.717, 1.165) is 41.3 Å². The molecule has 1 amide bonds. The number of hydrogen-bond acceptors (Lipinski definition) is 4. The summed E-state index contributed by atoms with van der Waals surface area (Å²) in [5.74, 6) is -0.246. The topological polar surface area (TPSA) is 58.4 Å². The van der Waals surface area contributed by atoms with Gasteiger partial charge in [0.1, 0.15) is 4.34 Å². The monoisotopic (exact) mass is 365 g/mol. The van der Waals surface area contributed by atoms with Crippen molar-refractivity contribution in [1.82, 2.24) is 10.2 Å². The number of carbonyl (C=O) groups excluding carboxylic acids is 1. The Morgan fingerprint density at radius 2 is 2.26 bits per heavy atom. The number of amides is 1. The van der Waals surface area contributed by atoms with E-state index in [1.165, 1.54) is 4.88 Å². The minimum absolute atomic E-state index is 0.246. The van der Waals surface area contributed by atoms with Gasteiger partial charge in [0.05, 0.1) is 6.54 Å². The molecule has 106 valence electrons. The summed E-state index contributed by atoms with van der Waals surface area (Å²) in [6.45, 7) is 3.07. The molecule has 1 aliphatic heterocycles. The summed E-state index contributed by atoms with van der Waals surface area (Å²) in [4.78, 5) is 14.2. The van der Waals surface area contributed by atoms with E-state index in [2.05, 4.69) is 32.2 Å². The Kier molecular flexibility index (Phi) is 5.65. The van der Waals surface area contributed by atoms with Crippen molar-refractivity contribution in [2.24, 2.45) is 5.73 Å². The molecule has 1 aromatic rings. The second kappa shape index (κ2) is 7.04. The average Bonchev–Trinajstić information content (AvgIpc) is 2.67. The third-order valence-corrected chi connectivity index (χ3v) is 5.70. The summed E-state index contributed by atoms with van der Waals surface area (Å²) >= 11 is 11.0. The predicted molar refractivity (Wildman–Crippen MR) is 82.5 cm³/mol. The molecule has 0 radical (unpaired) electrons. The van der Waals surface area contributed by atoms with Crippen LogP contribution in [0.2, 0.25) is 4.34 Å². The molecule has 1 aromatic heterocycles. The minimum atomic E-state index is -0.246. The molecule has 4 nitrogen and oxygen atoms in total. The van der Waals surface area contributed by atoms with Gasteiger partial charge in [-0.2, -0.15) is 0 Å². The number of nitrogens with zero attached hydrogens (tertiary/aromatic N) is 1. The lowest BCUT2D eigenvalue weighted by Gasteiger charge is -2.31. The van der Waals surface area contributed by atoms with Crippen LogP contribution in [0.3, 0.4) is 0 Å². The van der Waals surface area contributed by atoms with Crippen LogP contribution < -0.4 is 11.1 Å². The van der Waals surface area contributed by atoms with Crippen LogP contribution in [0.5, 0.6) is 0 Å². The molecule has 2 rings (SSSR count). The third-order valence-electron chi connectivity index (χ3n) is 3.23. The molecular formula is C12H17BrClN3OS. The van der Waals surface area contributed by atoms with Crippen molar-refractivity contribution in [1.29, 1.82) is 0 Å². The normalized spacial score (nSPS) is 17.8. The van der Waals surface area contributed by atoms with Crippen molar-refractivity contribution in [3.05, 3.63) is 19.8 Å². The van der Waals surface area contributed by atoms with E-state index in [4.69, 9.17) is 17.3 Å². The number of rotatable bonds is 5. The number of nitrogens with two attached hydrogens (primary N) is 1. The number of carbonyl (C=O) groups is 1. The van der Waals surface area contributed by atoms with E-state index >= 15 is 0 Å². The van der Waals surface area contributed by atoms with Gasteiger partial charge in [-0.15, -0.1) is 11.3 Å². The minimum Gasteiger partial charge on any atom is -0.369 e. The third kappa shape index (κ3) is 4.72. The lowest BCUT2D eigenvalue weighted by atomic mass is 10.1. The Balaban J connectivity index is 1.72. The fourth-order valence-electron chi connectivity index (χ4n) is 2.24. The zero-order chi connectivity index (χ0) is 13.8. The molecule has 0 bridgehead atoms. The van der Waals surface area contributed by atoms with Crippen LogP contribution in [0, 0.1) is 0 Å². The number of halogens is 2. The highest BCUT2D eigenvalue weighted by atomic mass is 79.9. The Hall–Kier alpha value is -0.140. The fourth-order valence-corrected chi connectivity index (χ4v) is 3.98. The standard InChI is InChI=1S/C12H17BrClN3OS/c13-10-5-9(19-12(10)14)6-16-8-1-3-17(4-2-8)7-11(15)18/h5,8,16H,1-4,6-7H2,(H2,15,18). The molecule has 0 spiro atoms. The van der Waals surface area contributed by atoms with Crippen molar-refractivity contribution < 1.29 is 4.79 Å². The number of likely N-dealkylation sites (tertiary alicyclic amines) is 1. The Bertz CT molecular complexity index is 427. The SMILES string of the molecule is NC(=O)CN1CCC(NCc2cc(Br)c(Cl)s2)CC1. The Labute approximate surface area is 130 Å². The van der Waals surface area contributed by atoms with Gasteiger partial charge in [-0.05, 0) is 34.8 Å². The van der Waals surface area contributed by atoms with E-state index in [9.17, 15) is 4.79 Å². The number of primary amides is 1. The first-order chi connectivity index (χ1) is 9.04. The first kappa shape index (κ1) is 15.3. The van der Waals surface area contributed by atoms with E-state index in [1.54, 1.807) is 11.3 Å². The molecule has 0 saturated carbocycles. The molecule has 0 aromatic carbocycles. The maximum atomic E-state index is 10.8. The van der Waals surface area contributed by atoms with E-state index in [1.807, 2.05) is 0 Å². The van der Waals surface area contributed by atoms with Crippen LogP contribution in [0.4, 0.5) is 0 Å². The van der Waals surface area contributed by atoms with Gasteiger partial charge in [0, 0.05) is 35.0 Å². The maximum Gasteiger partial charge on any atom is 0.231 e. The van der Waals surface area contributed by atoms with Gasteiger partial charge in [-0.25, -0.2) is 0 Å². The van der Waals surface area contributed by atoms with Gasteiger partial charge < -0.3 is 11.1 Å². The Morgan fingerprint density at radius 3 is 2.79 bits per heavy atom. The molecule has 19 heavy (non-hydrogen) atoms. The quantitative estimate of drug-likeness (QED) is 0.840. The molecule has 1 fully saturated rings. The highest BCUT2D eigenvalue weighted by molar-refractivity contribution is 9.10. The van der Waals surface area contributed by atoms with Gasteiger partial charge >= 0.3 is 0 Å². The average molecular weight is 367 g/mol. The molecule has 0 unspecified atom stereocenters. The molecule has 3 N–H and O–H groups in total. The largest absolute Gasteiger partial charge is 0.369 e. The number of nitrogens with one attached hydrogen (secondary N) is 1. The molecule has 0 aliphatic carbocycles. The second-order valence-corrected chi connectivity index (χ2v) is 7.33. The molecule has 0 atom stereocenters. The van der Waals surface area contributed by atoms with E-state index < -0.39 is 0 Å². The first-order valence-corrected chi connectivity index (χ1v) is 8.21. The van der Waals surface area contributed by atoms with Crippen LogP contribution in [0.15, 0.2) is 10.5 Å². The smallest absolute Gasteiger partial charge is 0.231 e. The van der Waals surface area contributed by atoms with E-state index in [0.29, 0.717) is 12.6 Å². The number of piperidine rings is 1. The second-order valence-electron chi connectivity index (χ2n) is 4.73. The van der Waals surface area contributed by atoms with Crippen LogP contribution in [-0.2, 0) is 11.3 Å². The summed E-state index contributed by atoms with van der Waals surface area (Å²) in [6.07, 6.45) is 2.10. The summed E-state index contributed by atoms with van der Waals surface area (Å²) in [5.41, 5.74) is 5.20. The van der Waals surface area contributed by atoms with Crippen molar-refractivity contribution >= 4 is 44.8 Å². The zero-order valence-electron chi connectivity index (χ0n) is 10.5. The van der Waals surface area contributed by atoms with Crippen molar-refractivity contribution in [3.8, 4) is 0 Å². The van der Waals surface area contributed by atoms with Gasteiger partial charge in [0.15, 0.2) is 0 Å². The summed E-state index contributed by atoms with van der Waals surface area (Å²) < 4.78 is 1.76. The molecule has 1 saturated heterocycles. The van der Waals surface area contributed by atoms with Crippen molar-refractivity contribution in [2.45, 2.75) is 25.4 Å². The summed E-state index contributed by atoms with van der Waals surface area (Å²) in [7, 11) is 0. The van der Waals surface area contributed by atoms with Crippen LogP contribution in [0.25, 0.3) is 0 Å². The van der Waals surface area contributed by atoms with Gasteiger partial charge in [-0.1, -0.05) is 11.6 Å². The number of thiophene rings is 1. The lowest BCUT2D eigenvalue weighted by molar-refractivity contribution is -0.119. The van der Waals surface area contributed by atoms with Crippen molar-refractivity contribution in [3.63, 3.8) is 0 Å². The highest BCUT2D eigenvalue weighted by Crippen LogP contribution is 2.31. The number of hydrogen-bond donors (Lipinski definition) is 2. The summed E-state index contributed by atoms with van der Waals surface area (Å²) in [5, 5.41) is 3.54. The van der Waals surface area contributed by atoms with Crippen LogP contribution in [0.1, 0.15) is 17.7 Å². The zero-order valence-corrected chi connectivity index (χ0v) is 13.7. The van der Waals surface area contributed by atoms with Crippen LogP contribution >= 0.6 is 38.9 Å². The van der Waals surface area contributed by atoms with Gasteiger partial charge in [-0.3, -0.25) is 9.69 Å². The van der Waals surface area contributed by atoms with Crippen molar-refractivity contribution in [2.75, 3.05) is 19.6 Å². The fraction of sp³-hybridized carbons (Fsp3) is 0.583. The summed E-state index contributed by atoms with van der Waals surface area (Å²) in [6, 6.07) is 2.56. The highest BCUT2D eigenvalue weighted by Gasteiger charge is 2.19. The lowest BCUT2D eigenvalue weighted by Crippen LogP contribution is -2.44. The molecule has 1 aliphatic rings. The van der Waals surface area contributed by atoms with Gasteiger partial charge in [0.25, 0.3) is 0 Å². The molecular weight excluding hydrogens is 350 g/mol. The van der Waals surface area contributed by atoms with E-state index in [-0.39, 0.29) is 5.91 Å². The molecule has 2 heterocycles. The van der Waals surface area contributed by atoms with Crippen LogP contribution in [-0.4, -0.2) is 36.5 Å². The predicted octanol–water partition coefficient (Wildman–Crippen LogP) is 2.20. The Morgan fingerprint density at radius 1 is 1.58 bits per heavy atom.